The number of phosphoric acid groups is 1. The van der Waals surface area contributed by atoms with Gasteiger partial charge in [-0.15, -0.1) is 0 Å². The van der Waals surface area contributed by atoms with Crippen molar-refractivity contribution in [3.63, 3.8) is 0 Å². The van der Waals surface area contributed by atoms with Crippen molar-refractivity contribution in [2.75, 3.05) is 40.9 Å². The standard InChI is InChI=1S/C42H81N2O6P/c1-6-8-10-12-14-16-17-18-19-20-21-22-23-24-25-26-27-28-29-31-33-35-41(45)40(39-50-51(47,48)49-38-37-44(3,4)5)43-42(46)36-34-32-30-15-13-11-9-7-2/h23-24,27-28,33,35,40-41,45H,6-22,25-26,29-32,34,36-39H2,1-5H3,(H-,43,46,47,48)/b24-23+,28-27+,35-33+. The van der Waals surface area contributed by atoms with E-state index in [1.807, 2.05) is 27.2 Å². The molecule has 1 amide bonds. The maximum absolute atomic E-state index is 12.7. The number of nitrogens with zero attached hydrogens (tertiary/aromatic N) is 1. The van der Waals surface area contributed by atoms with Crippen LogP contribution in [0, 0.1) is 0 Å². The largest absolute Gasteiger partial charge is 0.756 e. The van der Waals surface area contributed by atoms with Gasteiger partial charge in [-0.05, 0) is 44.9 Å². The van der Waals surface area contributed by atoms with Crippen LogP contribution in [-0.4, -0.2) is 68.5 Å². The monoisotopic (exact) mass is 741 g/mol. The molecule has 0 rings (SSSR count). The fraction of sp³-hybridized carbons (Fsp3) is 0.833. The highest BCUT2D eigenvalue weighted by Gasteiger charge is 2.23. The number of hydrogen-bond donors (Lipinski definition) is 2. The van der Waals surface area contributed by atoms with Crippen molar-refractivity contribution in [1.29, 1.82) is 0 Å². The molecule has 0 radical (unpaired) electrons. The van der Waals surface area contributed by atoms with E-state index in [0.717, 1.165) is 44.9 Å². The molecule has 8 nitrogen and oxygen atoms in total. The number of amides is 1. The summed E-state index contributed by atoms with van der Waals surface area (Å²) in [6.07, 6.45) is 40.7. The number of phosphoric ester groups is 1. The summed E-state index contributed by atoms with van der Waals surface area (Å²) < 4.78 is 23.1. The molecule has 0 saturated carbocycles. The van der Waals surface area contributed by atoms with E-state index in [1.54, 1.807) is 6.08 Å². The number of allylic oxidation sites excluding steroid dienone is 5. The molecule has 0 aliphatic heterocycles. The number of quaternary nitrogens is 1. The van der Waals surface area contributed by atoms with Crippen LogP contribution in [-0.2, 0) is 18.4 Å². The Morgan fingerprint density at radius 3 is 1.59 bits per heavy atom. The lowest BCUT2D eigenvalue weighted by atomic mass is 10.1. The summed E-state index contributed by atoms with van der Waals surface area (Å²) in [5, 5.41) is 13.7. The zero-order valence-corrected chi connectivity index (χ0v) is 34.7. The third-order valence-electron chi connectivity index (χ3n) is 9.08. The molecule has 0 bridgehead atoms. The molecule has 2 N–H and O–H groups in total. The third kappa shape index (κ3) is 36.9. The number of aliphatic hydroxyl groups is 1. The molecular weight excluding hydrogens is 659 g/mol. The molecule has 0 aliphatic rings. The number of nitrogens with one attached hydrogen (secondary N) is 1. The molecule has 0 spiro atoms. The minimum atomic E-state index is -4.59. The average molecular weight is 741 g/mol. The molecule has 0 aromatic rings. The molecule has 51 heavy (non-hydrogen) atoms. The van der Waals surface area contributed by atoms with Crippen molar-refractivity contribution >= 4 is 13.7 Å². The van der Waals surface area contributed by atoms with Crippen LogP contribution >= 0.6 is 7.82 Å². The second kappa shape index (κ2) is 34.5. The Bertz CT molecular complexity index is 933. The lowest BCUT2D eigenvalue weighted by molar-refractivity contribution is -0.870. The van der Waals surface area contributed by atoms with Gasteiger partial charge in [-0.2, -0.15) is 0 Å². The van der Waals surface area contributed by atoms with Gasteiger partial charge >= 0.3 is 0 Å². The van der Waals surface area contributed by atoms with Crippen LogP contribution in [0.4, 0.5) is 0 Å². The number of unbranched alkanes of at least 4 members (excludes halogenated alkanes) is 20. The minimum Gasteiger partial charge on any atom is -0.756 e. The first kappa shape index (κ1) is 49.7. The Morgan fingerprint density at radius 1 is 0.667 bits per heavy atom. The molecule has 3 unspecified atom stereocenters. The lowest BCUT2D eigenvalue weighted by Crippen LogP contribution is -2.45. The third-order valence-corrected chi connectivity index (χ3v) is 10.0. The first-order valence-electron chi connectivity index (χ1n) is 20.9. The second-order valence-corrected chi connectivity index (χ2v) is 16.7. The Kier molecular flexibility index (Phi) is 33.6. The summed E-state index contributed by atoms with van der Waals surface area (Å²) in [4.78, 5) is 25.1. The van der Waals surface area contributed by atoms with Gasteiger partial charge in [0, 0.05) is 6.42 Å². The Balaban J connectivity index is 4.44. The van der Waals surface area contributed by atoms with Crippen LogP contribution < -0.4 is 10.2 Å². The van der Waals surface area contributed by atoms with Crippen LogP contribution in [0.1, 0.15) is 174 Å². The second-order valence-electron chi connectivity index (χ2n) is 15.3. The average Bonchev–Trinajstić information content (AvgIpc) is 3.07. The number of carbonyl (C=O) groups excluding carboxylic acids is 1. The highest BCUT2D eigenvalue weighted by molar-refractivity contribution is 7.45. The highest BCUT2D eigenvalue weighted by atomic mass is 31.2. The van der Waals surface area contributed by atoms with Crippen LogP contribution in [0.15, 0.2) is 36.5 Å². The fourth-order valence-corrected chi connectivity index (χ4v) is 6.43. The fourth-order valence-electron chi connectivity index (χ4n) is 5.71. The van der Waals surface area contributed by atoms with Crippen molar-refractivity contribution in [1.82, 2.24) is 5.32 Å². The normalized spacial score (nSPS) is 14.9. The molecule has 300 valence electrons. The smallest absolute Gasteiger partial charge is 0.268 e. The van der Waals surface area contributed by atoms with Gasteiger partial charge in [-0.1, -0.05) is 159 Å². The van der Waals surface area contributed by atoms with E-state index in [2.05, 4.69) is 43.5 Å². The van der Waals surface area contributed by atoms with Crippen LogP contribution in [0.2, 0.25) is 0 Å². The number of carbonyl (C=O) groups is 1. The van der Waals surface area contributed by atoms with Gasteiger partial charge in [0.1, 0.15) is 13.2 Å². The quantitative estimate of drug-likeness (QED) is 0.0284. The van der Waals surface area contributed by atoms with E-state index in [9.17, 15) is 19.4 Å². The van der Waals surface area contributed by atoms with E-state index in [0.29, 0.717) is 17.4 Å². The lowest BCUT2D eigenvalue weighted by Gasteiger charge is -2.29. The molecule has 3 atom stereocenters. The molecule has 9 heteroatoms. The van der Waals surface area contributed by atoms with E-state index in [4.69, 9.17) is 9.05 Å². The first-order chi connectivity index (χ1) is 24.5. The molecule has 0 aromatic carbocycles. The Hall–Kier alpha value is -1.28. The first-order valence-corrected chi connectivity index (χ1v) is 22.3. The SMILES string of the molecule is CCCCCCCCCCCCC/C=C/CC/C=C/CC/C=C/C(O)C(COP(=O)([O-])OCC[N+](C)(C)C)NC(=O)CCCCCCCCCC. The van der Waals surface area contributed by atoms with Gasteiger partial charge in [0.05, 0.1) is 39.9 Å². The molecular formula is C42H81N2O6P. The van der Waals surface area contributed by atoms with E-state index >= 15 is 0 Å². The van der Waals surface area contributed by atoms with Crippen LogP contribution in [0.3, 0.4) is 0 Å². The number of likely N-dealkylation sites (N-methyl/N-ethyl adjacent to an activating group) is 1. The van der Waals surface area contributed by atoms with Gasteiger partial charge in [0.25, 0.3) is 7.82 Å². The van der Waals surface area contributed by atoms with E-state index < -0.39 is 26.6 Å². The van der Waals surface area contributed by atoms with Crippen molar-refractivity contribution in [2.45, 2.75) is 187 Å². The maximum Gasteiger partial charge on any atom is 0.268 e. The van der Waals surface area contributed by atoms with Gasteiger partial charge in [-0.25, -0.2) is 0 Å². The van der Waals surface area contributed by atoms with E-state index in [-0.39, 0.29) is 12.5 Å². The Labute approximate surface area is 315 Å². The Morgan fingerprint density at radius 2 is 1.10 bits per heavy atom. The van der Waals surface area contributed by atoms with Crippen LogP contribution in [0.5, 0.6) is 0 Å². The maximum atomic E-state index is 12.7. The van der Waals surface area contributed by atoms with Gasteiger partial charge in [0.15, 0.2) is 0 Å². The molecule has 0 fully saturated rings. The molecule has 0 aliphatic carbocycles. The van der Waals surface area contributed by atoms with Gasteiger partial charge < -0.3 is 28.8 Å². The highest BCUT2D eigenvalue weighted by Crippen LogP contribution is 2.38. The zero-order valence-electron chi connectivity index (χ0n) is 33.8. The van der Waals surface area contributed by atoms with Gasteiger partial charge in [-0.3, -0.25) is 9.36 Å². The number of aliphatic hydroxyl groups excluding tert-OH is 1. The summed E-state index contributed by atoms with van der Waals surface area (Å²) in [6, 6.07) is -0.903. The summed E-state index contributed by atoms with van der Waals surface area (Å²) in [7, 11) is 1.23. The van der Waals surface area contributed by atoms with E-state index in [1.165, 1.54) is 109 Å². The summed E-state index contributed by atoms with van der Waals surface area (Å²) in [5.74, 6) is -0.218. The predicted octanol–water partition coefficient (Wildman–Crippen LogP) is 10.5. The van der Waals surface area contributed by atoms with Gasteiger partial charge in [0.2, 0.25) is 5.91 Å². The molecule has 0 aromatic heterocycles. The van der Waals surface area contributed by atoms with Crippen molar-refractivity contribution in [3.8, 4) is 0 Å². The summed E-state index contributed by atoms with van der Waals surface area (Å²) in [6.45, 7) is 4.56. The topological polar surface area (TPSA) is 108 Å². The predicted molar refractivity (Wildman–Crippen MR) is 215 cm³/mol. The molecule has 0 heterocycles. The summed E-state index contributed by atoms with van der Waals surface area (Å²) in [5.41, 5.74) is 0. The van der Waals surface area contributed by atoms with Crippen LogP contribution in [0.25, 0.3) is 0 Å². The minimum absolute atomic E-state index is 0.00848. The molecule has 0 saturated heterocycles. The zero-order chi connectivity index (χ0) is 37.9. The summed E-state index contributed by atoms with van der Waals surface area (Å²) >= 11 is 0. The number of rotatable bonds is 37. The van der Waals surface area contributed by atoms with Crippen molar-refractivity contribution in [3.05, 3.63) is 36.5 Å². The number of hydrogen-bond acceptors (Lipinski definition) is 6. The van der Waals surface area contributed by atoms with Crippen molar-refractivity contribution in [2.24, 2.45) is 0 Å². The van der Waals surface area contributed by atoms with Crippen molar-refractivity contribution < 1.29 is 32.9 Å².